The van der Waals surface area contributed by atoms with Crippen molar-refractivity contribution < 1.29 is 38.2 Å². The Kier molecular flexibility index (Phi) is 13.6. The largest absolute Gasteiger partial charge is 0.464 e. The highest BCUT2D eigenvalue weighted by molar-refractivity contribution is 7.10. The number of ether oxygens (including phenoxy) is 3. The van der Waals surface area contributed by atoms with E-state index >= 15 is 0 Å². The second-order valence-electron chi connectivity index (χ2n) is 19.2. The first-order valence-corrected chi connectivity index (χ1v) is 24.1. The highest BCUT2D eigenvalue weighted by Gasteiger charge is 2.56. The molecule has 3 saturated heterocycles. The van der Waals surface area contributed by atoms with Gasteiger partial charge in [0, 0.05) is 79.2 Å². The number of hydrogen-bond acceptors (Lipinski definition) is 12. The van der Waals surface area contributed by atoms with Crippen LogP contribution in [0.4, 0.5) is 4.79 Å². The quantitative estimate of drug-likeness (QED) is 0.164. The molecule has 4 aliphatic heterocycles. The third kappa shape index (κ3) is 9.20. The molecule has 1 spiro atoms. The van der Waals surface area contributed by atoms with Gasteiger partial charge < -0.3 is 33.9 Å². The van der Waals surface area contributed by atoms with Crippen molar-refractivity contribution in [3.63, 3.8) is 0 Å². The van der Waals surface area contributed by atoms with Crippen molar-refractivity contribution in [2.75, 3.05) is 53.6 Å². The molecule has 4 aromatic rings. The first kappa shape index (κ1) is 47.8. The number of likely N-dealkylation sites (N-methyl/N-ethyl adjacent to an activating group) is 1. The molecule has 3 aromatic heterocycles. The van der Waals surface area contributed by atoms with E-state index < -0.39 is 53.1 Å². The topological polar surface area (TPSA) is 181 Å². The molecule has 0 aliphatic carbocycles. The van der Waals surface area contributed by atoms with Crippen molar-refractivity contribution in [3.05, 3.63) is 70.8 Å². The first-order chi connectivity index (χ1) is 32.0. The SMILES string of the molecule is C=CC(=O)N1CC2(C1)OCCN2C(=O)N(C)C(C(=O)N[C@H]1Cc2nc(cs2)-c2ccc3c(c2)c(c(-c2cccnc2[C@H](C)OC)n3CC)CC(C)(C)COC(=O)[C@@H]2CCCN(N2)C1=O)C(C)C. The lowest BCUT2D eigenvalue weighted by molar-refractivity contribution is -0.178. The van der Waals surface area contributed by atoms with Gasteiger partial charge in [0.25, 0.3) is 5.91 Å². The van der Waals surface area contributed by atoms with Crippen molar-refractivity contribution in [2.24, 2.45) is 11.3 Å². The van der Waals surface area contributed by atoms with Crippen molar-refractivity contribution in [2.45, 2.75) is 104 Å². The fourth-order valence-electron chi connectivity index (χ4n) is 10.0. The number of thiazole rings is 1. The summed E-state index contributed by atoms with van der Waals surface area (Å²) >= 11 is 1.40. The molecular formula is C49H63N9O8S. The molecule has 4 atom stereocenters. The van der Waals surface area contributed by atoms with Gasteiger partial charge in [-0.25, -0.2) is 15.2 Å². The average Bonchev–Trinajstić information content (AvgIpc) is 4.05. The van der Waals surface area contributed by atoms with Gasteiger partial charge in [0.1, 0.15) is 18.1 Å². The molecule has 358 valence electrons. The summed E-state index contributed by atoms with van der Waals surface area (Å²) in [4.78, 5) is 84.1. The zero-order valence-electron chi connectivity index (χ0n) is 39.8. The highest BCUT2D eigenvalue weighted by atomic mass is 32.1. The monoisotopic (exact) mass is 937 g/mol. The van der Waals surface area contributed by atoms with Crippen LogP contribution in [0, 0.1) is 11.3 Å². The standard InChI is InChI=1S/C49H63N9O8S/c1-10-40(59)55-26-49(27-55)57(20-21-66-49)47(63)54(8)42(29(3)4)44(60)52-36-23-39-51-37(25-67-39)31-16-17-38-33(22-31)34(43(56(38)11-2)32-14-12-18-50-41(32)30(5)64-9)24-48(6,7)28-65-46(62)35-15-13-19-58(53-35)45(36)61/h10,12,14,16-18,22,25,29-30,35-36,42,53H,1,11,13,15,19-21,23-24,26-28H2,2-9H3,(H,52,60)/t30-,35-,36-,42?/m0/s1. The molecule has 7 heterocycles. The van der Waals surface area contributed by atoms with E-state index in [0.29, 0.717) is 43.9 Å². The summed E-state index contributed by atoms with van der Waals surface area (Å²) in [6.07, 6.45) is 4.36. The number of nitrogens with zero attached hydrogens (tertiary/aromatic N) is 7. The molecule has 4 aliphatic rings. The Morgan fingerprint density at radius 2 is 1.93 bits per heavy atom. The number of fused-ring (bicyclic) bond motifs is 6. The Morgan fingerprint density at radius 1 is 1.15 bits per heavy atom. The van der Waals surface area contributed by atoms with Crippen LogP contribution >= 0.6 is 11.3 Å². The van der Waals surface area contributed by atoms with E-state index in [1.165, 1.54) is 27.3 Å². The van der Waals surface area contributed by atoms with Crippen LogP contribution in [-0.2, 0) is 52.8 Å². The van der Waals surface area contributed by atoms with Gasteiger partial charge in [0.15, 0.2) is 5.72 Å². The van der Waals surface area contributed by atoms with E-state index in [2.05, 4.69) is 66.9 Å². The summed E-state index contributed by atoms with van der Waals surface area (Å²) in [5, 5.41) is 8.06. The Bertz CT molecular complexity index is 2560. The van der Waals surface area contributed by atoms with E-state index in [9.17, 15) is 24.0 Å². The summed E-state index contributed by atoms with van der Waals surface area (Å²) < 4.78 is 20.3. The van der Waals surface area contributed by atoms with Crippen molar-refractivity contribution in [3.8, 4) is 22.5 Å². The van der Waals surface area contributed by atoms with Crippen LogP contribution in [0.1, 0.15) is 76.8 Å². The second kappa shape index (κ2) is 19.1. The summed E-state index contributed by atoms with van der Waals surface area (Å²) in [6, 6.07) is 7.07. The van der Waals surface area contributed by atoms with Crippen LogP contribution in [0.25, 0.3) is 33.4 Å². The Labute approximate surface area is 395 Å². The molecule has 6 bridgehead atoms. The van der Waals surface area contributed by atoms with Crippen LogP contribution in [0.15, 0.2) is 54.6 Å². The lowest BCUT2D eigenvalue weighted by atomic mass is 9.84. The van der Waals surface area contributed by atoms with E-state index in [4.69, 9.17) is 24.2 Å². The molecule has 0 radical (unpaired) electrons. The van der Waals surface area contributed by atoms with E-state index in [-0.39, 0.29) is 50.7 Å². The van der Waals surface area contributed by atoms with Gasteiger partial charge in [0.2, 0.25) is 11.8 Å². The lowest BCUT2D eigenvalue weighted by Gasteiger charge is -2.51. The Morgan fingerprint density at radius 3 is 2.64 bits per heavy atom. The number of rotatable bonds is 9. The zero-order chi connectivity index (χ0) is 47.9. The molecule has 1 aromatic carbocycles. The Balaban J connectivity index is 1.15. The number of hydrogen-bond donors (Lipinski definition) is 2. The van der Waals surface area contributed by atoms with Gasteiger partial charge in [-0.1, -0.05) is 40.3 Å². The number of nitrogens with one attached hydrogen (secondary N) is 2. The van der Waals surface area contributed by atoms with Crippen molar-refractivity contribution in [1.82, 2.24) is 45.0 Å². The van der Waals surface area contributed by atoms with E-state index in [0.717, 1.165) is 44.7 Å². The Hall–Kier alpha value is -5.69. The van der Waals surface area contributed by atoms with Gasteiger partial charge in [-0.3, -0.25) is 34.1 Å². The fourth-order valence-corrected chi connectivity index (χ4v) is 10.9. The van der Waals surface area contributed by atoms with Gasteiger partial charge in [-0.05, 0) is 74.9 Å². The van der Waals surface area contributed by atoms with E-state index in [1.807, 2.05) is 32.2 Å². The molecule has 2 N–H and O–H groups in total. The second-order valence-corrected chi connectivity index (χ2v) is 20.1. The summed E-state index contributed by atoms with van der Waals surface area (Å²) in [5.74, 6) is -2.03. The third-order valence-corrected chi connectivity index (χ3v) is 14.4. The van der Waals surface area contributed by atoms with E-state index in [1.54, 1.807) is 30.2 Å². The number of methoxy groups -OCH3 is 1. The van der Waals surface area contributed by atoms with Gasteiger partial charge in [-0.15, -0.1) is 11.3 Å². The van der Waals surface area contributed by atoms with Crippen LogP contribution in [0.3, 0.4) is 0 Å². The number of benzene rings is 1. The summed E-state index contributed by atoms with van der Waals surface area (Å²) in [5.41, 5.74) is 8.21. The normalized spacial score (nSPS) is 21.4. The number of aromatic nitrogens is 3. The molecular weight excluding hydrogens is 875 g/mol. The summed E-state index contributed by atoms with van der Waals surface area (Å²) in [7, 11) is 3.25. The predicted octanol–water partition coefficient (Wildman–Crippen LogP) is 5.34. The number of pyridine rings is 1. The molecule has 0 saturated carbocycles. The molecule has 3 fully saturated rings. The minimum Gasteiger partial charge on any atom is -0.464 e. The third-order valence-electron chi connectivity index (χ3n) is 13.5. The maximum Gasteiger partial charge on any atom is 0.324 e. The van der Waals surface area contributed by atoms with Crippen LogP contribution in [0.2, 0.25) is 0 Å². The number of aryl methyl sites for hydroxylation is 1. The maximum atomic E-state index is 14.7. The molecule has 17 nitrogen and oxygen atoms in total. The number of urea groups is 1. The molecule has 18 heteroatoms. The highest BCUT2D eigenvalue weighted by Crippen LogP contribution is 2.42. The number of cyclic esters (lactones) is 1. The minimum absolute atomic E-state index is 0.0563. The van der Waals surface area contributed by atoms with Crippen molar-refractivity contribution >= 4 is 52.0 Å². The predicted molar refractivity (Wildman–Crippen MR) is 253 cm³/mol. The number of carbonyl (C=O) groups excluding carboxylic acids is 5. The van der Waals surface area contributed by atoms with Crippen molar-refractivity contribution in [1.29, 1.82) is 0 Å². The molecule has 67 heavy (non-hydrogen) atoms. The number of carbonyl (C=O) groups is 5. The number of hydrazine groups is 1. The number of likely N-dealkylation sites (tertiary alicyclic amines) is 1. The smallest absolute Gasteiger partial charge is 0.324 e. The van der Waals surface area contributed by atoms with Crippen LogP contribution in [0.5, 0.6) is 0 Å². The minimum atomic E-state index is -1.11. The molecule has 1 unspecified atom stereocenters. The summed E-state index contributed by atoms with van der Waals surface area (Å²) in [6.45, 7) is 17.6. The van der Waals surface area contributed by atoms with Gasteiger partial charge >= 0.3 is 12.0 Å². The fraction of sp³-hybridized carbons (Fsp3) is 0.531. The number of esters is 1. The average molecular weight is 938 g/mol. The van der Waals surface area contributed by atoms with Crippen LogP contribution < -0.4 is 10.7 Å². The van der Waals surface area contributed by atoms with Crippen LogP contribution in [-0.4, -0.2) is 141 Å². The first-order valence-electron chi connectivity index (χ1n) is 23.2. The van der Waals surface area contributed by atoms with Gasteiger partial charge in [0.05, 0.1) is 54.5 Å². The molecule has 8 rings (SSSR count). The lowest BCUT2D eigenvalue weighted by Crippen LogP contribution is -2.72. The maximum absolute atomic E-state index is 14.7. The number of amides is 5. The van der Waals surface area contributed by atoms with Gasteiger partial charge in [-0.2, -0.15) is 0 Å². The zero-order valence-corrected chi connectivity index (χ0v) is 40.6. The molecule has 5 amide bonds.